The number of amides is 2. The Hall–Kier alpha value is -1.85. The van der Waals surface area contributed by atoms with Crippen molar-refractivity contribution in [3.63, 3.8) is 0 Å². The van der Waals surface area contributed by atoms with E-state index in [4.69, 9.17) is 19.7 Å². The van der Waals surface area contributed by atoms with Gasteiger partial charge in [0.15, 0.2) is 0 Å². The zero-order valence-electron chi connectivity index (χ0n) is 21.9. The van der Waals surface area contributed by atoms with E-state index in [1.807, 2.05) is 11.8 Å². The monoisotopic (exact) mass is 534 g/mol. The summed E-state index contributed by atoms with van der Waals surface area (Å²) in [4.78, 5) is 45.0. The Balaban J connectivity index is 3.37. The van der Waals surface area contributed by atoms with Crippen LogP contribution in [0.15, 0.2) is 0 Å². The average Bonchev–Trinajstić information content (AvgIpc) is 2.81. The first-order chi connectivity index (χ1) is 17.2. The number of carbonyl (C=O) groups excluding carboxylic acids is 2. The lowest BCUT2D eigenvalue weighted by Crippen LogP contribution is -2.44. The molecule has 0 aromatic rings. The fourth-order valence-corrected chi connectivity index (χ4v) is 4.30. The molecule has 11 heteroatoms. The predicted molar refractivity (Wildman–Crippen MR) is 140 cm³/mol. The van der Waals surface area contributed by atoms with Gasteiger partial charge >= 0.3 is 11.9 Å². The largest absolute Gasteiger partial charge is 0.480 e. The van der Waals surface area contributed by atoms with Crippen molar-refractivity contribution in [2.75, 3.05) is 44.5 Å². The number of hydrogen-bond acceptors (Lipinski definition) is 7. The lowest BCUT2D eigenvalue weighted by molar-refractivity contribution is -0.143. The highest BCUT2D eigenvalue weighted by Crippen LogP contribution is 2.13. The van der Waals surface area contributed by atoms with Gasteiger partial charge in [0.05, 0.1) is 19.8 Å². The number of carbonyl (C=O) groups is 4. The topological polar surface area (TPSA) is 151 Å². The molecule has 0 aromatic carbocycles. The number of thioether (sulfide) groups is 1. The summed E-state index contributed by atoms with van der Waals surface area (Å²) in [7, 11) is 0. The number of aliphatic carboxylic acids is 2. The molecule has 0 aliphatic heterocycles. The fraction of sp³-hybridized carbons (Fsp3) is 0.840. The van der Waals surface area contributed by atoms with E-state index >= 15 is 0 Å². The molecule has 1 atom stereocenters. The summed E-state index contributed by atoms with van der Waals surface area (Å²) in [6.45, 7) is 4.56. The first-order valence-electron chi connectivity index (χ1n) is 13.0. The Morgan fingerprint density at radius 2 is 1.31 bits per heavy atom. The van der Waals surface area contributed by atoms with E-state index in [1.165, 1.54) is 0 Å². The van der Waals surface area contributed by atoms with Crippen LogP contribution in [0.2, 0.25) is 0 Å². The summed E-state index contributed by atoms with van der Waals surface area (Å²) in [5, 5.41) is 22.9. The van der Waals surface area contributed by atoms with Gasteiger partial charge in [-0.2, -0.15) is 11.8 Å². The van der Waals surface area contributed by atoms with Gasteiger partial charge in [-0.25, -0.2) is 9.59 Å². The second-order valence-electron chi connectivity index (χ2n) is 8.98. The summed E-state index contributed by atoms with van der Waals surface area (Å²) in [5.74, 6) is -0.0730. The molecule has 0 aromatic heterocycles. The van der Waals surface area contributed by atoms with Crippen molar-refractivity contribution in [1.29, 1.82) is 0 Å². The fourth-order valence-electron chi connectivity index (χ4n) is 3.28. The van der Waals surface area contributed by atoms with Crippen molar-refractivity contribution in [3.05, 3.63) is 0 Å². The Morgan fingerprint density at radius 1 is 0.750 bits per heavy atom. The van der Waals surface area contributed by atoms with E-state index in [9.17, 15) is 19.2 Å². The van der Waals surface area contributed by atoms with Crippen molar-refractivity contribution >= 4 is 35.5 Å². The standard InChI is InChI=1S/C25H46N2O8S/c1-20(2)24(25(32)33)27-22(29)12-7-4-3-5-9-17-36-18-10-6-8-11-21(28)26-13-14-34-15-16-35-19-23(30)31/h20,24H,3-19H2,1-2H3,(H,26,28)(H,27,29)(H,30,31)(H,32,33). The molecule has 0 heterocycles. The van der Waals surface area contributed by atoms with Crippen LogP contribution in [0, 0.1) is 5.92 Å². The molecule has 0 fully saturated rings. The molecule has 0 saturated heterocycles. The third-order valence-electron chi connectivity index (χ3n) is 5.30. The normalized spacial score (nSPS) is 11.9. The van der Waals surface area contributed by atoms with E-state index in [2.05, 4.69) is 10.6 Å². The molecule has 2 amide bonds. The van der Waals surface area contributed by atoms with Crippen molar-refractivity contribution in [3.8, 4) is 0 Å². The number of hydrogen-bond donors (Lipinski definition) is 4. The third-order valence-corrected chi connectivity index (χ3v) is 6.46. The molecule has 0 rings (SSSR count). The van der Waals surface area contributed by atoms with E-state index in [-0.39, 0.29) is 30.9 Å². The number of carboxylic acid groups (broad SMARTS) is 2. The summed E-state index contributed by atoms with van der Waals surface area (Å²) in [6.07, 6.45) is 9.02. The zero-order chi connectivity index (χ0) is 27.0. The Morgan fingerprint density at radius 3 is 1.92 bits per heavy atom. The van der Waals surface area contributed by atoms with Gasteiger partial charge in [-0.05, 0) is 43.1 Å². The first kappa shape index (κ1) is 34.1. The molecule has 4 N–H and O–H groups in total. The molecule has 1 unspecified atom stereocenters. The molecule has 0 radical (unpaired) electrons. The maximum absolute atomic E-state index is 11.9. The molecule has 0 spiro atoms. The average molecular weight is 535 g/mol. The van der Waals surface area contributed by atoms with Gasteiger partial charge < -0.3 is 30.3 Å². The highest BCUT2D eigenvalue weighted by molar-refractivity contribution is 7.99. The van der Waals surface area contributed by atoms with Crippen LogP contribution in [0.5, 0.6) is 0 Å². The molecule has 210 valence electrons. The molecule has 10 nitrogen and oxygen atoms in total. The minimum atomic E-state index is -1.01. The van der Waals surface area contributed by atoms with Crippen molar-refractivity contribution < 1.29 is 38.9 Å². The summed E-state index contributed by atoms with van der Waals surface area (Å²) >= 11 is 1.94. The smallest absolute Gasteiger partial charge is 0.329 e. The van der Waals surface area contributed by atoms with Gasteiger partial charge in [0.25, 0.3) is 0 Å². The van der Waals surface area contributed by atoms with Gasteiger partial charge in [0, 0.05) is 19.4 Å². The van der Waals surface area contributed by atoms with E-state index in [1.54, 1.807) is 13.8 Å². The van der Waals surface area contributed by atoms with Crippen LogP contribution >= 0.6 is 11.8 Å². The van der Waals surface area contributed by atoms with Crippen molar-refractivity contribution in [2.24, 2.45) is 5.92 Å². The van der Waals surface area contributed by atoms with E-state index in [0.717, 1.165) is 62.9 Å². The van der Waals surface area contributed by atoms with Crippen LogP contribution in [0.3, 0.4) is 0 Å². The van der Waals surface area contributed by atoms with Gasteiger partial charge in [-0.3, -0.25) is 9.59 Å². The highest BCUT2D eigenvalue weighted by atomic mass is 32.2. The Labute approximate surface area is 219 Å². The number of rotatable bonds is 25. The van der Waals surface area contributed by atoms with Crippen LogP contribution < -0.4 is 10.6 Å². The van der Waals surface area contributed by atoms with E-state index < -0.39 is 18.0 Å². The highest BCUT2D eigenvalue weighted by Gasteiger charge is 2.22. The lowest BCUT2D eigenvalue weighted by Gasteiger charge is -2.17. The predicted octanol–water partition coefficient (Wildman–Crippen LogP) is 3.08. The quantitative estimate of drug-likeness (QED) is 0.130. The number of unbranched alkanes of at least 4 members (excludes halogenated alkanes) is 6. The molecule has 0 bridgehead atoms. The summed E-state index contributed by atoms with van der Waals surface area (Å²) < 4.78 is 10.1. The molecule has 0 aliphatic rings. The third kappa shape index (κ3) is 22.6. The van der Waals surface area contributed by atoms with E-state index in [0.29, 0.717) is 32.6 Å². The first-order valence-corrected chi connectivity index (χ1v) is 14.1. The van der Waals surface area contributed by atoms with Crippen LogP contribution in [0.25, 0.3) is 0 Å². The molecule has 0 saturated carbocycles. The van der Waals surface area contributed by atoms with Crippen molar-refractivity contribution in [1.82, 2.24) is 10.6 Å². The number of ether oxygens (including phenoxy) is 2. The zero-order valence-corrected chi connectivity index (χ0v) is 22.7. The lowest BCUT2D eigenvalue weighted by atomic mass is 10.0. The molecule has 36 heavy (non-hydrogen) atoms. The van der Waals surface area contributed by atoms with Crippen LogP contribution in [-0.2, 0) is 28.7 Å². The summed E-state index contributed by atoms with van der Waals surface area (Å²) in [6, 6.07) is -0.817. The Kier molecular flexibility index (Phi) is 22.3. The molecule has 0 aliphatic carbocycles. The molecular formula is C25H46N2O8S. The van der Waals surface area contributed by atoms with Crippen LogP contribution in [0.4, 0.5) is 0 Å². The number of nitrogens with one attached hydrogen (secondary N) is 2. The number of carboxylic acids is 2. The van der Waals surface area contributed by atoms with Gasteiger partial charge in [-0.15, -0.1) is 0 Å². The molecular weight excluding hydrogens is 488 g/mol. The van der Waals surface area contributed by atoms with Crippen LogP contribution in [0.1, 0.15) is 78.1 Å². The second-order valence-corrected chi connectivity index (χ2v) is 10.2. The Bertz CT molecular complexity index is 619. The maximum atomic E-state index is 11.9. The SMILES string of the molecule is CC(C)C(NC(=O)CCCCCCCSCCCCCC(=O)NCCOCCOCC(=O)O)C(=O)O. The second kappa shape index (κ2) is 23.5. The van der Waals surface area contributed by atoms with Crippen molar-refractivity contribution in [2.45, 2.75) is 84.1 Å². The van der Waals surface area contributed by atoms with Gasteiger partial charge in [-0.1, -0.05) is 39.5 Å². The minimum Gasteiger partial charge on any atom is -0.480 e. The van der Waals surface area contributed by atoms with Gasteiger partial charge in [0.1, 0.15) is 12.6 Å². The van der Waals surface area contributed by atoms with Gasteiger partial charge in [0.2, 0.25) is 11.8 Å². The maximum Gasteiger partial charge on any atom is 0.329 e. The van der Waals surface area contributed by atoms with Crippen LogP contribution in [-0.4, -0.2) is 84.5 Å². The minimum absolute atomic E-state index is 0.0208. The summed E-state index contributed by atoms with van der Waals surface area (Å²) in [5.41, 5.74) is 0.